The highest BCUT2D eigenvalue weighted by molar-refractivity contribution is 6.06. The fourth-order valence-electron chi connectivity index (χ4n) is 5.18. The van der Waals surface area contributed by atoms with Crippen molar-refractivity contribution in [3.05, 3.63) is 47.5 Å². The number of halogens is 6. The van der Waals surface area contributed by atoms with Crippen LogP contribution in [0.2, 0.25) is 0 Å². The fourth-order valence-corrected chi connectivity index (χ4v) is 5.18. The van der Waals surface area contributed by atoms with Crippen molar-refractivity contribution in [3.8, 4) is 11.5 Å². The molecule has 1 saturated carbocycles. The van der Waals surface area contributed by atoms with Crippen molar-refractivity contribution in [2.45, 2.75) is 55.5 Å². The van der Waals surface area contributed by atoms with Gasteiger partial charge in [-0.1, -0.05) is 18.6 Å². The van der Waals surface area contributed by atoms with E-state index in [1.807, 2.05) is 0 Å². The molecule has 4 rings (SSSR count). The maximum absolute atomic E-state index is 14.6. The van der Waals surface area contributed by atoms with Crippen LogP contribution in [0.15, 0.2) is 46.4 Å². The summed E-state index contributed by atoms with van der Waals surface area (Å²) in [5.74, 6) is -1.84. The molecular formula is C23H24F6N6O2. The van der Waals surface area contributed by atoms with E-state index in [2.05, 4.69) is 9.98 Å². The van der Waals surface area contributed by atoms with Crippen molar-refractivity contribution in [2.75, 3.05) is 10.6 Å². The second-order valence-electron chi connectivity index (χ2n) is 9.04. The number of aromatic hydroxyl groups is 2. The number of nitrogen functional groups attached to an aromatic ring is 1. The predicted octanol–water partition coefficient (Wildman–Crippen LogP) is 4.20. The van der Waals surface area contributed by atoms with Gasteiger partial charge in [0.05, 0.1) is 11.4 Å². The van der Waals surface area contributed by atoms with Crippen LogP contribution in [0.5, 0.6) is 11.5 Å². The number of hydrogen-bond donors (Lipinski definition) is 5. The molecule has 0 atom stereocenters. The van der Waals surface area contributed by atoms with E-state index in [1.54, 1.807) is 0 Å². The van der Waals surface area contributed by atoms with Crippen LogP contribution >= 0.6 is 0 Å². The molecule has 14 heteroatoms. The lowest BCUT2D eigenvalue weighted by Crippen LogP contribution is -2.58. The zero-order chi connectivity index (χ0) is 27.4. The zero-order valence-electron chi connectivity index (χ0n) is 19.2. The van der Waals surface area contributed by atoms with E-state index in [4.69, 9.17) is 17.2 Å². The second-order valence-corrected chi connectivity index (χ2v) is 9.04. The number of alkyl halides is 6. The van der Waals surface area contributed by atoms with Crippen LogP contribution in [0.25, 0.3) is 0 Å². The molecule has 0 unspecified atom stereocenters. The van der Waals surface area contributed by atoms with Crippen LogP contribution in [-0.4, -0.2) is 40.1 Å². The molecule has 0 bridgehead atoms. The van der Waals surface area contributed by atoms with Gasteiger partial charge in [0.15, 0.2) is 0 Å². The lowest BCUT2D eigenvalue weighted by atomic mass is 9.72. The van der Waals surface area contributed by atoms with Gasteiger partial charge < -0.3 is 27.4 Å². The van der Waals surface area contributed by atoms with Crippen molar-refractivity contribution in [1.82, 2.24) is 0 Å². The van der Waals surface area contributed by atoms with Gasteiger partial charge in [-0.3, -0.25) is 4.90 Å². The van der Waals surface area contributed by atoms with Gasteiger partial charge in [0.1, 0.15) is 17.2 Å². The van der Waals surface area contributed by atoms with Crippen LogP contribution in [0, 0.1) is 0 Å². The summed E-state index contributed by atoms with van der Waals surface area (Å²) in [4.78, 5) is 9.34. The molecular weight excluding hydrogens is 506 g/mol. The van der Waals surface area contributed by atoms with Gasteiger partial charge >= 0.3 is 12.4 Å². The van der Waals surface area contributed by atoms with E-state index >= 15 is 0 Å². The maximum atomic E-state index is 14.6. The Bertz CT molecular complexity index is 1250. The normalized spacial score (nSPS) is 18.5. The molecule has 200 valence electrons. The quantitative estimate of drug-likeness (QED) is 0.228. The number of benzene rings is 2. The topological polar surface area (TPSA) is 146 Å². The Labute approximate surface area is 207 Å². The maximum Gasteiger partial charge on any atom is 0.411 e. The number of phenols is 2. The average Bonchev–Trinajstić information content (AvgIpc) is 2.76. The van der Waals surface area contributed by atoms with E-state index in [1.165, 1.54) is 0 Å². The Hall–Kier alpha value is -3.84. The first-order chi connectivity index (χ1) is 17.1. The van der Waals surface area contributed by atoms with Crippen LogP contribution in [0.3, 0.4) is 0 Å². The van der Waals surface area contributed by atoms with E-state index in [-0.39, 0.29) is 11.9 Å². The van der Waals surface area contributed by atoms with E-state index < -0.39 is 57.4 Å². The minimum atomic E-state index is -5.92. The summed E-state index contributed by atoms with van der Waals surface area (Å²) in [7, 11) is 0. The minimum absolute atomic E-state index is 0.189. The Balaban J connectivity index is 2.02. The monoisotopic (exact) mass is 530 g/mol. The number of nitrogens with zero attached hydrogens (tertiary/aromatic N) is 3. The van der Waals surface area contributed by atoms with Crippen molar-refractivity contribution < 1.29 is 36.6 Å². The molecule has 2 aromatic rings. The summed E-state index contributed by atoms with van der Waals surface area (Å²) in [5.41, 5.74) is 7.88. The van der Waals surface area contributed by atoms with Crippen LogP contribution in [-0.2, 0) is 5.41 Å². The molecule has 0 saturated heterocycles. The molecule has 1 fully saturated rings. The lowest BCUT2D eigenvalue weighted by Gasteiger charge is -2.46. The summed E-state index contributed by atoms with van der Waals surface area (Å²) in [6, 6.07) is 3.42. The number of hydrogen-bond acceptors (Lipinski definition) is 8. The fraction of sp³-hybridized carbons (Fsp3) is 0.391. The summed E-state index contributed by atoms with van der Waals surface area (Å²) in [6.07, 6.45) is -9.12. The third-order valence-corrected chi connectivity index (χ3v) is 6.81. The van der Waals surface area contributed by atoms with E-state index in [0.29, 0.717) is 56.0 Å². The first kappa shape index (κ1) is 26.2. The van der Waals surface area contributed by atoms with Gasteiger partial charge in [0.25, 0.3) is 0 Å². The SMILES string of the molecule is NC1=NC2(CCCCC2)N(c2cc(C(c3ccc(O)c(N)c3)(C(F)(F)F)C(F)(F)F)ccc2O)C(N)=N1. The van der Waals surface area contributed by atoms with Gasteiger partial charge in [-0.05, 0) is 61.1 Å². The summed E-state index contributed by atoms with van der Waals surface area (Å²) < 4.78 is 87.8. The summed E-state index contributed by atoms with van der Waals surface area (Å²) >= 11 is 0. The molecule has 2 aliphatic rings. The number of phenolic OH excluding ortho intramolecular Hbond substituents is 2. The van der Waals surface area contributed by atoms with Gasteiger partial charge in [-0.2, -0.15) is 31.3 Å². The molecule has 0 radical (unpaired) electrons. The highest BCUT2D eigenvalue weighted by Crippen LogP contribution is 2.58. The largest absolute Gasteiger partial charge is 0.506 e. The number of nitrogens with two attached hydrogens (primary N) is 3. The Morgan fingerprint density at radius 1 is 0.784 bits per heavy atom. The van der Waals surface area contributed by atoms with Gasteiger partial charge in [-0.15, -0.1) is 0 Å². The third kappa shape index (κ3) is 4.03. The Morgan fingerprint density at radius 2 is 1.32 bits per heavy atom. The Morgan fingerprint density at radius 3 is 1.86 bits per heavy atom. The number of anilines is 2. The van der Waals surface area contributed by atoms with E-state index in [0.717, 1.165) is 17.4 Å². The highest BCUT2D eigenvalue weighted by atomic mass is 19.4. The van der Waals surface area contributed by atoms with Crippen molar-refractivity contribution in [3.63, 3.8) is 0 Å². The van der Waals surface area contributed by atoms with Crippen molar-refractivity contribution in [1.29, 1.82) is 0 Å². The molecule has 8 N–H and O–H groups in total. The van der Waals surface area contributed by atoms with Gasteiger partial charge in [0.2, 0.25) is 17.3 Å². The molecule has 1 aliphatic carbocycles. The number of rotatable bonds is 3. The number of aliphatic imine (C=N–C) groups is 2. The van der Waals surface area contributed by atoms with Gasteiger partial charge in [-0.25, -0.2) is 4.99 Å². The first-order valence-corrected chi connectivity index (χ1v) is 11.2. The molecule has 37 heavy (non-hydrogen) atoms. The lowest BCUT2D eigenvalue weighted by molar-refractivity contribution is -0.288. The molecule has 2 aromatic carbocycles. The average molecular weight is 530 g/mol. The first-order valence-electron chi connectivity index (χ1n) is 11.2. The molecule has 1 spiro atoms. The van der Waals surface area contributed by atoms with E-state index in [9.17, 15) is 36.6 Å². The molecule has 0 aromatic heterocycles. The van der Waals surface area contributed by atoms with Gasteiger partial charge in [0, 0.05) is 0 Å². The highest BCUT2D eigenvalue weighted by Gasteiger charge is 2.72. The molecule has 1 aliphatic heterocycles. The van der Waals surface area contributed by atoms with Crippen molar-refractivity contribution in [2.24, 2.45) is 21.5 Å². The number of guanidine groups is 2. The zero-order valence-corrected chi connectivity index (χ0v) is 19.2. The minimum Gasteiger partial charge on any atom is -0.506 e. The molecule has 8 nitrogen and oxygen atoms in total. The third-order valence-electron chi connectivity index (χ3n) is 6.81. The van der Waals surface area contributed by atoms with Crippen LogP contribution < -0.4 is 22.1 Å². The van der Waals surface area contributed by atoms with Crippen LogP contribution in [0.4, 0.5) is 37.7 Å². The summed E-state index contributed by atoms with van der Waals surface area (Å²) in [6.45, 7) is 0. The predicted molar refractivity (Wildman–Crippen MR) is 125 cm³/mol. The second kappa shape index (κ2) is 8.63. The van der Waals surface area contributed by atoms with Crippen LogP contribution in [0.1, 0.15) is 43.2 Å². The summed E-state index contributed by atoms with van der Waals surface area (Å²) in [5, 5.41) is 20.3. The molecule has 0 amide bonds. The smallest absolute Gasteiger partial charge is 0.411 e. The molecule has 1 heterocycles. The Kier molecular flexibility index (Phi) is 6.12. The standard InChI is InChI=1S/C23H24F6N6O2/c24-22(25,26)21(23(27,28)29,12-4-6-16(36)14(30)10-12)13-5-7-17(37)15(11-13)35-19(32)33-18(31)34-20(35)8-2-1-3-9-20/h4-7,10-11,36-37H,1-3,8-9,30H2,(H4,31,32,33,34). The van der Waals surface area contributed by atoms with Crippen molar-refractivity contribution >= 4 is 23.3 Å².